The maximum atomic E-state index is 12.8. The van der Waals surface area contributed by atoms with Crippen molar-refractivity contribution in [2.45, 2.75) is 53.1 Å². The van der Waals surface area contributed by atoms with Crippen molar-refractivity contribution in [2.75, 3.05) is 0 Å². The topological polar surface area (TPSA) is 81.4 Å². The molecule has 1 aromatic rings. The van der Waals surface area contributed by atoms with Gasteiger partial charge >= 0.3 is 5.97 Å². The van der Waals surface area contributed by atoms with Crippen LogP contribution >= 0.6 is 0 Å². The van der Waals surface area contributed by atoms with Gasteiger partial charge in [0.1, 0.15) is 5.60 Å². The van der Waals surface area contributed by atoms with Crippen molar-refractivity contribution >= 4 is 18.0 Å². The van der Waals surface area contributed by atoms with E-state index >= 15 is 0 Å². The first-order valence-corrected chi connectivity index (χ1v) is 9.09. The van der Waals surface area contributed by atoms with E-state index in [1.807, 2.05) is 77.1 Å². The maximum absolute atomic E-state index is 12.8. The summed E-state index contributed by atoms with van der Waals surface area (Å²) in [6, 6.07) is 9.82. The molecule has 1 rings (SSSR count). The molecule has 0 radical (unpaired) electrons. The lowest BCUT2D eigenvalue weighted by Crippen LogP contribution is -2.43. The van der Waals surface area contributed by atoms with E-state index in [2.05, 4.69) is 5.43 Å². The predicted molar refractivity (Wildman–Crippen MR) is 105 cm³/mol. The Hall–Kier alpha value is -2.14. The molecule has 0 aromatic heterocycles. The Morgan fingerprint density at radius 1 is 1.15 bits per heavy atom. The number of nitrogens with two attached hydrogens (primary N) is 1. The first kappa shape index (κ1) is 21.9. The molecule has 0 aliphatic heterocycles. The molecule has 3 N–H and O–H groups in total. The number of hydrazine groups is 1. The third-order valence-electron chi connectivity index (χ3n) is 3.90. The van der Waals surface area contributed by atoms with Gasteiger partial charge in [0, 0.05) is 0 Å². The number of allylic oxidation sites excluding steroid dienone is 1. The van der Waals surface area contributed by atoms with Crippen LogP contribution in [0, 0.1) is 17.8 Å². The van der Waals surface area contributed by atoms with Gasteiger partial charge in [0.05, 0.1) is 11.8 Å². The number of hydrogen-bond donors (Lipinski definition) is 2. The summed E-state index contributed by atoms with van der Waals surface area (Å²) in [5, 5.41) is 0. The Labute approximate surface area is 157 Å². The molecule has 0 saturated heterocycles. The van der Waals surface area contributed by atoms with Gasteiger partial charge in [0.15, 0.2) is 0 Å². The summed E-state index contributed by atoms with van der Waals surface area (Å²) >= 11 is 0. The van der Waals surface area contributed by atoms with Gasteiger partial charge in [-0.1, -0.05) is 56.3 Å². The summed E-state index contributed by atoms with van der Waals surface area (Å²) in [6.07, 6.45) is 4.84. The van der Waals surface area contributed by atoms with Crippen molar-refractivity contribution in [3.63, 3.8) is 0 Å². The Kier molecular flexibility index (Phi) is 8.52. The average Bonchev–Trinajstić information content (AvgIpc) is 2.55. The van der Waals surface area contributed by atoms with Gasteiger partial charge in [0.25, 0.3) is 0 Å². The minimum absolute atomic E-state index is 0.250. The zero-order chi connectivity index (χ0) is 19.7. The number of amides is 1. The molecule has 0 aliphatic carbocycles. The summed E-state index contributed by atoms with van der Waals surface area (Å²) in [5.74, 6) is 3.80. The third kappa shape index (κ3) is 7.83. The van der Waals surface area contributed by atoms with Gasteiger partial charge in [-0.3, -0.25) is 15.0 Å². The number of esters is 1. The lowest BCUT2D eigenvalue weighted by Gasteiger charge is -2.28. The van der Waals surface area contributed by atoms with Crippen LogP contribution in [0.4, 0.5) is 0 Å². The Bertz CT molecular complexity index is 603. The lowest BCUT2D eigenvalue weighted by atomic mass is 9.82. The monoisotopic (exact) mass is 360 g/mol. The zero-order valence-electron chi connectivity index (χ0n) is 16.5. The van der Waals surface area contributed by atoms with Crippen LogP contribution in [0.1, 0.15) is 53.0 Å². The fourth-order valence-electron chi connectivity index (χ4n) is 2.79. The van der Waals surface area contributed by atoms with E-state index in [0.717, 1.165) is 5.56 Å². The van der Waals surface area contributed by atoms with Crippen LogP contribution in [0.5, 0.6) is 0 Å². The first-order chi connectivity index (χ1) is 12.1. The van der Waals surface area contributed by atoms with Gasteiger partial charge in [-0.05, 0) is 45.1 Å². The van der Waals surface area contributed by atoms with Crippen molar-refractivity contribution in [2.24, 2.45) is 23.6 Å². The predicted octanol–water partition coefficient (Wildman–Crippen LogP) is 3.70. The summed E-state index contributed by atoms with van der Waals surface area (Å²) in [5.41, 5.74) is 2.64. The number of nitrogens with one attached hydrogen (secondary N) is 1. The van der Waals surface area contributed by atoms with Crippen LogP contribution in [0.3, 0.4) is 0 Å². The van der Waals surface area contributed by atoms with Crippen LogP contribution in [0.25, 0.3) is 6.08 Å². The second kappa shape index (κ2) is 10.1. The van der Waals surface area contributed by atoms with E-state index in [9.17, 15) is 9.59 Å². The van der Waals surface area contributed by atoms with E-state index in [0.29, 0.717) is 12.8 Å². The summed E-state index contributed by atoms with van der Waals surface area (Å²) in [7, 11) is 0. The quantitative estimate of drug-likeness (QED) is 0.320. The smallest absolute Gasteiger partial charge is 0.310 e. The fraction of sp³-hybridized carbons (Fsp3) is 0.524. The Morgan fingerprint density at radius 3 is 2.27 bits per heavy atom. The third-order valence-corrected chi connectivity index (χ3v) is 3.90. The Morgan fingerprint density at radius 2 is 1.77 bits per heavy atom. The van der Waals surface area contributed by atoms with Crippen LogP contribution < -0.4 is 11.3 Å². The van der Waals surface area contributed by atoms with E-state index < -0.39 is 17.4 Å². The Balaban J connectivity index is 3.04. The lowest BCUT2D eigenvalue weighted by molar-refractivity contribution is -0.164. The van der Waals surface area contributed by atoms with Gasteiger partial charge in [-0.25, -0.2) is 5.84 Å². The second-order valence-corrected chi connectivity index (χ2v) is 7.93. The molecule has 1 amide bonds. The first-order valence-electron chi connectivity index (χ1n) is 9.09. The van der Waals surface area contributed by atoms with E-state index in [4.69, 9.17) is 10.6 Å². The molecule has 2 atom stereocenters. The maximum Gasteiger partial charge on any atom is 0.310 e. The van der Waals surface area contributed by atoms with Crippen molar-refractivity contribution in [3.8, 4) is 0 Å². The molecule has 0 fully saturated rings. The molecule has 144 valence electrons. The minimum atomic E-state index is -0.611. The van der Waals surface area contributed by atoms with Crippen LogP contribution in [0.15, 0.2) is 36.4 Å². The average molecular weight is 360 g/mol. The second-order valence-electron chi connectivity index (χ2n) is 7.93. The molecule has 0 heterocycles. The number of hydrogen-bond acceptors (Lipinski definition) is 4. The number of benzene rings is 1. The molecule has 26 heavy (non-hydrogen) atoms. The molecule has 5 heteroatoms. The van der Waals surface area contributed by atoms with Crippen molar-refractivity contribution < 1.29 is 14.3 Å². The SMILES string of the molecule is CC(C)C[C@H](C(=O)NN)[C@@H](C/C=C/c1ccccc1)C(=O)OC(C)(C)C. The van der Waals surface area contributed by atoms with Gasteiger partial charge in [-0.15, -0.1) is 0 Å². The fourth-order valence-corrected chi connectivity index (χ4v) is 2.79. The highest BCUT2D eigenvalue weighted by molar-refractivity contribution is 5.85. The highest BCUT2D eigenvalue weighted by Crippen LogP contribution is 2.27. The number of carbonyl (C=O) groups excluding carboxylic acids is 2. The van der Waals surface area contributed by atoms with Gasteiger partial charge in [-0.2, -0.15) is 0 Å². The number of ether oxygens (including phenoxy) is 1. The van der Waals surface area contributed by atoms with Crippen molar-refractivity contribution in [1.82, 2.24) is 5.43 Å². The highest BCUT2D eigenvalue weighted by Gasteiger charge is 2.35. The molecule has 5 nitrogen and oxygen atoms in total. The van der Waals surface area contributed by atoms with Gasteiger partial charge < -0.3 is 4.74 Å². The molecule has 0 unspecified atom stereocenters. The zero-order valence-corrected chi connectivity index (χ0v) is 16.5. The normalized spacial score (nSPS) is 14.3. The summed E-state index contributed by atoms with van der Waals surface area (Å²) in [4.78, 5) is 25.1. The van der Waals surface area contributed by atoms with E-state index in [-0.39, 0.29) is 17.8 Å². The van der Waals surface area contributed by atoms with Crippen molar-refractivity contribution in [1.29, 1.82) is 0 Å². The summed E-state index contributed by atoms with van der Waals surface area (Å²) < 4.78 is 5.57. The highest BCUT2D eigenvalue weighted by atomic mass is 16.6. The molecule has 0 bridgehead atoms. The van der Waals surface area contributed by atoms with E-state index in [1.165, 1.54) is 0 Å². The van der Waals surface area contributed by atoms with E-state index in [1.54, 1.807) is 0 Å². The minimum Gasteiger partial charge on any atom is -0.460 e. The number of rotatable bonds is 8. The van der Waals surface area contributed by atoms with Crippen LogP contribution in [-0.2, 0) is 14.3 Å². The molecular weight excluding hydrogens is 328 g/mol. The van der Waals surface area contributed by atoms with Crippen LogP contribution in [-0.4, -0.2) is 17.5 Å². The molecule has 0 aliphatic rings. The van der Waals surface area contributed by atoms with Crippen molar-refractivity contribution in [3.05, 3.63) is 42.0 Å². The number of carbonyl (C=O) groups is 2. The standard InChI is InChI=1S/C21H32N2O3/c1-15(2)14-18(19(24)23-22)17(20(25)26-21(3,4)5)13-9-12-16-10-7-6-8-11-16/h6-12,15,17-18H,13-14,22H2,1-5H3,(H,23,24)/b12-9+/t17-,18+/m1/s1. The molecule has 0 saturated carbocycles. The summed E-state index contributed by atoms with van der Waals surface area (Å²) in [6.45, 7) is 9.50. The largest absolute Gasteiger partial charge is 0.460 e. The molecule has 1 aromatic carbocycles. The van der Waals surface area contributed by atoms with Gasteiger partial charge in [0.2, 0.25) is 5.91 Å². The van der Waals surface area contributed by atoms with Crippen LogP contribution in [0.2, 0.25) is 0 Å². The molecular formula is C21H32N2O3. The molecule has 0 spiro atoms.